The Balaban J connectivity index is 1.45. The van der Waals surface area contributed by atoms with E-state index in [1.54, 1.807) is 29.2 Å². The van der Waals surface area contributed by atoms with E-state index in [2.05, 4.69) is 32.5 Å². The number of nitrogens with zero attached hydrogens (tertiary/aromatic N) is 4. The quantitative estimate of drug-likeness (QED) is 0.387. The van der Waals surface area contributed by atoms with E-state index in [0.29, 0.717) is 30.5 Å². The van der Waals surface area contributed by atoms with E-state index in [9.17, 15) is 27.6 Å². The van der Waals surface area contributed by atoms with Crippen molar-refractivity contribution in [2.75, 3.05) is 39.0 Å². The maximum Gasteiger partial charge on any atom is 0.419 e. The minimum absolute atomic E-state index is 0.00748. The predicted octanol–water partition coefficient (Wildman–Crippen LogP) is 3.36. The van der Waals surface area contributed by atoms with Crippen LogP contribution in [0, 0.1) is 11.8 Å². The molecule has 2 aliphatic rings. The molecule has 4 N–H and O–H groups in total. The van der Waals surface area contributed by atoms with Gasteiger partial charge in [0, 0.05) is 49.4 Å². The van der Waals surface area contributed by atoms with Crippen molar-refractivity contribution in [1.29, 1.82) is 0 Å². The number of primary amides is 1. The Bertz CT molecular complexity index is 1260. The zero-order valence-corrected chi connectivity index (χ0v) is 23.9. The summed E-state index contributed by atoms with van der Waals surface area (Å²) < 4.78 is 41.6. The lowest BCUT2D eigenvalue weighted by Gasteiger charge is -2.35. The Morgan fingerprint density at radius 3 is 2.43 bits per heavy atom. The topological polar surface area (TPSA) is 134 Å². The molecule has 1 aromatic carbocycles. The third-order valence-electron chi connectivity index (χ3n) is 8.24. The molecule has 2 atom stereocenters. The van der Waals surface area contributed by atoms with E-state index in [4.69, 9.17) is 5.73 Å². The highest BCUT2D eigenvalue weighted by Crippen LogP contribution is 2.38. The number of halogens is 3. The van der Waals surface area contributed by atoms with Crippen molar-refractivity contribution in [3.05, 3.63) is 47.3 Å². The monoisotopic (exact) mass is 589 g/mol. The predicted molar refractivity (Wildman–Crippen MR) is 151 cm³/mol. The number of benzene rings is 1. The summed E-state index contributed by atoms with van der Waals surface area (Å²) in [5.41, 5.74) is 5.02. The van der Waals surface area contributed by atoms with Gasteiger partial charge in [0.25, 0.3) is 5.91 Å². The van der Waals surface area contributed by atoms with Crippen molar-refractivity contribution >= 4 is 29.4 Å². The number of nitrogens with one attached hydrogen (secondary N) is 2. The molecule has 1 aromatic heterocycles. The van der Waals surface area contributed by atoms with E-state index in [-0.39, 0.29) is 54.8 Å². The maximum atomic E-state index is 13.9. The molecule has 1 aliphatic carbocycles. The van der Waals surface area contributed by atoms with Crippen molar-refractivity contribution in [2.45, 2.75) is 57.2 Å². The maximum absolute atomic E-state index is 13.9. The van der Waals surface area contributed by atoms with Gasteiger partial charge in [-0.2, -0.15) is 13.2 Å². The smallest absolute Gasteiger partial charge is 0.370 e. The lowest BCUT2D eigenvalue weighted by Crippen LogP contribution is -2.44. The summed E-state index contributed by atoms with van der Waals surface area (Å²) in [5, 5.41) is 5.61. The summed E-state index contributed by atoms with van der Waals surface area (Å²) in [5.74, 6) is -1.77. The van der Waals surface area contributed by atoms with Crippen LogP contribution in [0.3, 0.4) is 0 Å². The second-order valence-electron chi connectivity index (χ2n) is 11.2. The van der Waals surface area contributed by atoms with Crippen LogP contribution < -0.4 is 16.4 Å². The summed E-state index contributed by atoms with van der Waals surface area (Å²) in [6.45, 7) is 1.96. The zero-order chi connectivity index (χ0) is 30.4. The molecule has 1 saturated heterocycles. The molecule has 2 fully saturated rings. The summed E-state index contributed by atoms with van der Waals surface area (Å²) in [6.07, 6.45) is -0.302. The molecule has 0 unspecified atom stereocenters. The Morgan fingerprint density at radius 1 is 1.10 bits per heavy atom. The Labute approximate surface area is 243 Å². The van der Waals surface area contributed by atoms with Gasteiger partial charge in [0.15, 0.2) is 0 Å². The lowest BCUT2D eigenvalue weighted by molar-refractivity contribution is -0.138. The highest BCUT2D eigenvalue weighted by molar-refractivity contribution is 5.94. The first-order valence-corrected chi connectivity index (χ1v) is 14.2. The Morgan fingerprint density at radius 2 is 1.79 bits per heavy atom. The standard InChI is InChI=1S/C29H38F3N7O3/c1-38-14-11-21(12-15-38)39(2)27(42)18-6-8-20(9-7-18)36-28-35-17-23(29(30,31)32)24(37-28)16-19-4-3-5-22(19)26(41)34-13-10-25(33)40/h6-9,17,19,21-22H,3-5,10-16H2,1-2H3,(H2,33,40)(H,34,41)(H,35,36,37)/t19-,22-/m0/s1. The summed E-state index contributed by atoms with van der Waals surface area (Å²) >= 11 is 0. The SMILES string of the molecule is CN1CCC(N(C)C(=O)c2ccc(Nc3ncc(C(F)(F)F)c(C[C@@H]4CCC[C@@H]4C(=O)NCCC(N)=O)n3)cc2)CC1. The number of carbonyl (C=O) groups is 3. The Hall–Kier alpha value is -3.74. The molecule has 10 nitrogen and oxygen atoms in total. The first-order chi connectivity index (χ1) is 19.9. The first kappa shape index (κ1) is 31.2. The van der Waals surface area contributed by atoms with Gasteiger partial charge in [-0.15, -0.1) is 0 Å². The van der Waals surface area contributed by atoms with Crippen molar-refractivity contribution < 1.29 is 27.6 Å². The van der Waals surface area contributed by atoms with Crippen LogP contribution in [0.25, 0.3) is 0 Å². The highest BCUT2D eigenvalue weighted by atomic mass is 19.4. The number of rotatable bonds is 10. The average molecular weight is 590 g/mol. The third-order valence-corrected chi connectivity index (χ3v) is 8.24. The highest BCUT2D eigenvalue weighted by Gasteiger charge is 2.39. The second-order valence-corrected chi connectivity index (χ2v) is 11.2. The number of piperidine rings is 1. The van der Waals surface area contributed by atoms with E-state index in [1.165, 1.54) is 0 Å². The fraction of sp³-hybridized carbons (Fsp3) is 0.552. The number of nitrogens with two attached hydrogens (primary N) is 1. The normalized spacial score (nSPS) is 19.8. The summed E-state index contributed by atoms with van der Waals surface area (Å²) in [4.78, 5) is 48.8. The van der Waals surface area contributed by atoms with Crippen molar-refractivity contribution in [3.8, 4) is 0 Å². The number of amides is 3. The number of alkyl halides is 3. The van der Waals surface area contributed by atoms with Gasteiger partial charge < -0.3 is 26.2 Å². The summed E-state index contributed by atoms with van der Waals surface area (Å²) in [6, 6.07) is 6.84. The molecule has 4 rings (SSSR count). The van der Waals surface area contributed by atoms with Gasteiger partial charge in [0.2, 0.25) is 17.8 Å². The number of anilines is 2. The molecule has 3 amide bonds. The van der Waals surface area contributed by atoms with Crippen molar-refractivity contribution in [2.24, 2.45) is 17.6 Å². The fourth-order valence-corrected chi connectivity index (χ4v) is 5.76. The molecule has 42 heavy (non-hydrogen) atoms. The van der Waals surface area contributed by atoms with Crippen molar-refractivity contribution in [3.63, 3.8) is 0 Å². The molecule has 2 heterocycles. The molecule has 0 bridgehead atoms. The first-order valence-electron chi connectivity index (χ1n) is 14.2. The summed E-state index contributed by atoms with van der Waals surface area (Å²) in [7, 11) is 3.87. The average Bonchev–Trinajstić information content (AvgIpc) is 3.40. The molecular weight excluding hydrogens is 551 g/mol. The molecule has 1 saturated carbocycles. The van der Waals surface area contributed by atoms with Gasteiger partial charge in [-0.05, 0) is 82.4 Å². The number of aromatic nitrogens is 2. The van der Waals surface area contributed by atoms with Crippen LogP contribution in [0.5, 0.6) is 0 Å². The molecule has 228 valence electrons. The van der Waals surface area contributed by atoms with Crippen LogP contribution in [0.2, 0.25) is 0 Å². The zero-order valence-electron chi connectivity index (χ0n) is 23.9. The van der Waals surface area contributed by atoms with Gasteiger partial charge in [-0.1, -0.05) is 6.42 Å². The Kier molecular flexibility index (Phi) is 10.0. The van der Waals surface area contributed by atoms with Gasteiger partial charge >= 0.3 is 6.18 Å². The van der Waals surface area contributed by atoms with Gasteiger partial charge in [-0.25, -0.2) is 9.97 Å². The lowest BCUT2D eigenvalue weighted by atomic mass is 9.89. The number of hydrogen-bond acceptors (Lipinski definition) is 7. The number of hydrogen-bond donors (Lipinski definition) is 3. The van der Waals surface area contributed by atoms with Crippen LogP contribution in [-0.4, -0.2) is 77.3 Å². The van der Waals surface area contributed by atoms with Gasteiger partial charge in [0.05, 0.1) is 11.3 Å². The molecule has 0 spiro atoms. The largest absolute Gasteiger partial charge is 0.419 e. The van der Waals surface area contributed by atoms with Crippen molar-refractivity contribution in [1.82, 2.24) is 25.1 Å². The van der Waals surface area contributed by atoms with Crippen LogP contribution in [-0.2, 0) is 22.2 Å². The van der Waals surface area contributed by atoms with Crippen LogP contribution in [0.1, 0.15) is 60.1 Å². The molecule has 13 heteroatoms. The van der Waals surface area contributed by atoms with Crippen LogP contribution in [0.15, 0.2) is 30.5 Å². The minimum Gasteiger partial charge on any atom is -0.370 e. The number of carbonyl (C=O) groups excluding carboxylic acids is 3. The van der Waals surface area contributed by atoms with E-state index >= 15 is 0 Å². The second kappa shape index (κ2) is 13.5. The third kappa shape index (κ3) is 7.96. The minimum atomic E-state index is -4.66. The van der Waals surface area contributed by atoms with Gasteiger partial charge in [-0.3, -0.25) is 14.4 Å². The van der Waals surface area contributed by atoms with Crippen LogP contribution in [0.4, 0.5) is 24.8 Å². The molecule has 1 aliphatic heterocycles. The van der Waals surface area contributed by atoms with E-state index in [0.717, 1.165) is 32.1 Å². The van der Waals surface area contributed by atoms with Gasteiger partial charge in [0.1, 0.15) is 0 Å². The number of likely N-dealkylation sites (tertiary alicyclic amines) is 1. The van der Waals surface area contributed by atoms with Crippen LogP contribution >= 0.6 is 0 Å². The molecular formula is C29H38F3N7O3. The van der Waals surface area contributed by atoms with E-state index in [1.807, 2.05) is 7.05 Å². The van der Waals surface area contributed by atoms with E-state index < -0.39 is 23.6 Å². The molecule has 0 radical (unpaired) electrons. The fourth-order valence-electron chi connectivity index (χ4n) is 5.76. The molecule has 2 aromatic rings.